The molecule has 3 heteroatoms. The number of carbonyl (C=O) groups excluding carboxylic acids is 1. The van der Waals surface area contributed by atoms with Gasteiger partial charge in [-0.3, -0.25) is 4.79 Å². The number of para-hydroxylation sites is 1. The second-order valence-corrected chi connectivity index (χ2v) is 5.58. The van der Waals surface area contributed by atoms with Gasteiger partial charge in [0, 0.05) is 18.2 Å². The molecule has 1 fully saturated rings. The molecule has 96 valence electrons. The third-order valence-corrected chi connectivity index (χ3v) is 4.28. The van der Waals surface area contributed by atoms with Crippen LogP contribution >= 0.6 is 0 Å². The molecule has 0 bridgehead atoms. The molecule has 1 saturated carbocycles. The summed E-state index contributed by atoms with van der Waals surface area (Å²) in [7, 11) is 0. The molecule has 0 saturated heterocycles. The van der Waals surface area contributed by atoms with E-state index in [9.17, 15) is 4.79 Å². The van der Waals surface area contributed by atoms with E-state index in [0.717, 1.165) is 18.5 Å². The van der Waals surface area contributed by atoms with Gasteiger partial charge in [-0.15, -0.1) is 0 Å². The van der Waals surface area contributed by atoms with E-state index < -0.39 is 0 Å². The van der Waals surface area contributed by atoms with E-state index in [1.165, 1.54) is 18.4 Å². The Morgan fingerprint density at radius 1 is 1.33 bits per heavy atom. The number of nitrogens with one attached hydrogen (secondary N) is 2. The number of anilines is 1. The molecule has 1 aliphatic carbocycles. The lowest BCUT2D eigenvalue weighted by molar-refractivity contribution is -0.122. The van der Waals surface area contributed by atoms with Crippen molar-refractivity contribution in [1.82, 2.24) is 5.32 Å². The second kappa shape index (κ2) is 4.63. The Morgan fingerprint density at radius 2 is 2.17 bits per heavy atom. The first-order valence-electron chi connectivity index (χ1n) is 6.89. The van der Waals surface area contributed by atoms with Crippen molar-refractivity contribution in [3.63, 3.8) is 0 Å². The van der Waals surface area contributed by atoms with Crippen molar-refractivity contribution in [1.29, 1.82) is 0 Å². The fraction of sp³-hybridized carbons (Fsp3) is 0.533. The Balaban J connectivity index is 1.62. The minimum atomic E-state index is -0.0878. The van der Waals surface area contributed by atoms with Gasteiger partial charge in [0.2, 0.25) is 5.91 Å². The van der Waals surface area contributed by atoms with Crippen LogP contribution in [0.3, 0.4) is 0 Å². The van der Waals surface area contributed by atoms with Crippen LogP contribution in [0, 0.1) is 5.92 Å². The average Bonchev–Trinajstić information content (AvgIpc) is 2.96. The van der Waals surface area contributed by atoms with Crippen molar-refractivity contribution in [3.05, 3.63) is 29.8 Å². The zero-order chi connectivity index (χ0) is 12.5. The topological polar surface area (TPSA) is 41.1 Å². The summed E-state index contributed by atoms with van der Waals surface area (Å²) in [5.74, 6) is 0.780. The van der Waals surface area contributed by atoms with Crippen LogP contribution in [0.15, 0.2) is 24.3 Å². The van der Waals surface area contributed by atoms with Crippen LogP contribution in [0.1, 0.15) is 31.7 Å². The Bertz CT molecular complexity index is 433. The van der Waals surface area contributed by atoms with E-state index in [-0.39, 0.29) is 11.9 Å². The first-order chi connectivity index (χ1) is 8.74. The summed E-state index contributed by atoms with van der Waals surface area (Å²) in [4.78, 5) is 12.2. The van der Waals surface area contributed by atoms with E-state index in [4.69, 9.17) is 0 Å². The second-order valence-electron chi connectivity index (χ2n) is 5.58. The van der Waals surface area contributed by atoms with Crippen molar-refractivity contribution >= 4 is 11.6 Å². The summed E-state index contributed by atoms with van der Waals surface area (Å²) in [5, 5.41) is 6.51. The maximum Gasteiger partial charge on any atom is 0.243 e. The molecule has 1 aromatic carbocycles. The molecule has 1 amide bonds. The quantitative estimate of drug-likeness (QED) is 0.838. The summed E-state index contributed by atoms with van der Waals surface area (Å²) in [6.07, 6.45) is 4.42. The summed E-state index contributed by atoms with van der Waals surface area (Å²) in [6.45, 7) is 2.23. The largest absolute Gasteiger partial charge is 0.373 e. The van der Waals surface area contributed by atoms with Gasteiger partial charge in [0.25, 0.3) is 0 Å². The number of amides is 1. The molecule has 2 unspecified atom stereocenters. The van der Waals surface area contributed by atoms with Gasteiger partial charge in [0.15, 0.2) is 0 Å². The van der Waals surface area contributed by atoms with Gasteiger partial charge in [0.1, 0.15) is 6.04 Å². The normalized spacial score (nSPS) is 29.7. The minimum Gasteiger partial charge on any atom is -0.373 e. The minimum absolute atomic E-state index is 0.0878. The molecule has 3 rings (SSSR count). The predicted octanol–water partition coefficient (Wildman–Crippen LogP) is 2.33. The lowest BCUT2D eigenvalue weighted by atomic mass is 10.1. The molecule has 0 spiro atoms. The molecular formula is C15H20N2O. The number of hydrogen-bond acceptors (Lipinski definition) is 2. The maximum atomic E-state index is 12.2. The number of benzene rings is 1. The Labute approximate surface area is 108 Å². The van der Waals surface area contributed by atoms with Crippen LogP contribution in [-0.4, -0.2) is 18.0 Å². The zero-order valence-corrected chi connectivity index (χ0v) is 10.8. The summed E-state index contributed by atoms with van der Waals surface area (Å²) in [5.41, 5.74) is 2.36. The summed E-state index contributed by atoms with van der Waals surface area (Å²) < 4.78 is 0. The number of hydrogen-bond donors (Lipinski definition) is 2. The van der Waals surface area contributed by atoms with Crippen LogP contribution in [0.5, 0.6) is 0 Å². The van der Waals surface area contributed by atoms with Crippen LogP contribution in [-0.2, 0) is 11.2 Å². The van der Waals surface area contributed by atoms with Crippen molar-refractivity contribution in [3.8, 4) is 0 Å². The van der Waals surface area contributed by atoms with E-state index in [1.54, 1.807) is 0 Å². The van der Waals surface area contributed by atoms with E-state index in [2.05, 4.69) is 23.6 Å². The Kier molecular flexibility index (Phi) is 2.98. The van der Waals surface area contributed by atoms with Crippen LogP contribution < -0.4 is 10.6 Å². The first kappa shape index (κ1) is 11.6. The lowest BCUT2D eigenvalue weighted by Crippen LogP contribution is -2.44. The van der Waals surface area contributed by atoms with Crippen LogP contribution in [0.2, 0.25) is 0 Å². The fourth-order valence-electron chi connectivity index (χ4n) is 3.10. The molecule has 2 aliphatic rings. The zero-order valence-electron chi connectivity index (χ0n) is 10.8. The Morgan fingerprint density at radius 3 is 2.89 bits per heavy atom. The molecular weight excluding hydrogens is 224 g/mol. The third-order valence-electron chi connectivity index (χ3n) is 4.28. The van der Waals surface area contributed by atoms with Gasteiger partial charge < -0.3 is 10.6 Å². The third kappa shape index (κ3) is 2.09. The molecule has 0 aromatic heterocycles. The highest BCUT2D eigenvalue weighted by atomic mass is 16.2. The molecule has 3 nitrogen and oxygen atoms in total. The van der Waals surface area contributed by atoms with Gasteiger partial charge in [-0.25, -0.2) is 0 Å². The average molecular weight is 244 g/mol. The molecule has 18 heavy (non-hydrogen) atoms. The monoisotopic (exact) mass is 244 g/mol. The SMILES string of the molecule is CC1CCCC1NC(=O)[C@@H]1Cc2ccccc2N1. The number of fused-ring (bicyclic) bond motifs is 1. The summed E-state index contributed by atoms with van der Waals surface area (Å²) in [6, 6.07) is 8.46. The Hall–Kier alpha value is -1.51. The van der Waals surface area contributed by atoms with Crippen molar-refractivity contribution < 1.29 is 4.79 Å². The molecule has 2 N–H and O–H groups in total. The molecule has 0 radical (unpaired) electrons. The highest BCUT2D eigenvalue weighted by Gasteiger charge is 2.30. The standard InChI is InChI=1S/C15H20N2O/c1-10-5-4-8-12(10)17-15(18)14-9-11-6-2-3-7-13(11)16-14/h2-3,6-7,10,12,14,16H,4-5,8-9H2,1H3,(H,17,18)/t10?,12?,14-/m0/s1. The van der Waals surface area contributed by atoms with Gasteiger partial charge in [0.05, 0.1) is 0 Å². The van der Waals surface area contributed by atoms with Crippen LogP contribution in [0.25, 0.3) is 0 Å². The van der Waals surface area contributed by atoms with E-state index in [0.29, 0.717) is 12.0 Å². The highest BCUT2D eigenvalue weighted by molar-refractivity contribution is 5.87. The first-order valence-corrected chi connectivity index (χ1v) is 6.89. The van der Waals surface area contributed by atoms with Crippen molar-refractivity contribution in [2.45, 2.75) is 44.7 Å². The molecule has 1 aromatic rings. The van der Waals surface area contributed by atoms with E-state index in [1.807, 2.05) is 18.2 Å². The van der Waals surface area contributed by atoms with Gasteiger partial charge in [-0.2, -0.15) is 0 Å². The van der Waals surface area contributed by atoms with Crippen molar-refractivity contribution in [2.75, 3.05) is 5.32 Å². The predicted molar refractivity (Wildman–Crippen MR) is 72.5 cm³/mol. The fourth-order valence-corrected chi connectivity index (χ4v) is 3.10. The molecule has 3 atom stereocenters. The van der Waals surface area contributed by atoms with Gasteiger partial charge >= 0.3 is 0 Å². The molecule has 1 aliphatic heterocycles. The van der Waals surface area contributed by atoms with E-state index >= 15 is 0 Å². The maximum absolute atomic E-state index is 12.2. The smallest absolute Gasteiger partial charge is 0.243 e. The molecule has 1 heterocycles. The van der Waals surface area contributed by atoms with Gasteiger partial charge in [-0.05, 0) is 30.4 Å². The van der Waals surface area contributed by atoms with Crippen LogP contribution in [0.4, 0.5) is 5.69 Å². The van der Waals surface area contributed by atoms with Gasteiger partial charge in [-0.1, -0.05) is 31.5 Å². The number of rotatable bonds is 2. The highest BCUT2D eigenvalue weighted by Crippen LogP contribution is 2.27. The lowest BCUT2D eigenvalue weighted by Gasteiger charge is -2.20. The number of carbonyl (C=O) groups is 1. The van der Waals surface area contributed by atoms with Crippen molar-refractivity contribution in [2.24, 2.45) is 5.92 Å². The summed E-state index contributed by atoms with van der Waals surface area (Å²) >= 11 is 0.